The minimum absolute atomic E-state index is 0.0936. The van der Waals surface area contributed by atoms with Gasteiger partial charge in [0.1, 0.15) is 0 Å². The van der Waals surface area contributed by atoms with Gasteiger partial charge >= 0.3 is 0 Å². The van der Waals surface area contributed by atoms with Gasteiger partial charge in [-0.1, -0.05) is 30.3 Å². The van der Waals surface area contributed by atoms with Crippen molar-refractivity contribution in [2.45, 2.75) is 25.9 Å². The summed E-state index contributed by atoms with van der Waals surface area (Å²) in [5, 5.41) is 2.91. The molecule has 1 N–H and O–H groups in total. The summed E-state index contributed by atoms with van der Waals surface area (Å²) in [6.45, 7) is 5.62. The first kappa shape index (κ1) is 20.0. The molecular weight excluding hydrogens is 426 g/mol. The first-order valence-electron chi connectivity index (χ1n) is 9.07. The second-order valence-corrected chi connectivity index (χ2v) is 9.28. The van der Waals surface area contributed by atoms with Crippen LogP contribution in [0.25, 0.3) is 0 Å². The molecule has 0 bridgehead atoms. The Hall–Kier alpha value is -1.70. The van der Waals surface area contributed by atoms with E-state index in [9.17, 15) is 9.59 Å². The predicted octanol–water partition coefficient (Wildman–Crippen LogP) is 3.42. The number of hydrogen-bond acceptors (Lipinski definition) is 4. The molecule has 2 heterocycles. The summed E-state index contributed by atoms with van der Waals surface area (Å²) in [6, 6.07) is 13.6. The fraction of sp³-hybridized carbons (Fsp3) is 0.400. The Labute approximate surface area is 172 Å². The van der Waals surface area contributed by atoms with Crippen LogP contribution in [0, 0.1) is 0 Å². The van der Waals surface area contributed by atoms with Gasteiger partial charge in [0.15, 0.2) is 0 Å². The molecular formula is C20H24BrN3O2S. The third-order valence-electron chi connectivity index (χ3n) is 4.69. The van der Waals surface area contributed by atoms with Crippen molar-refractivity contribution in [1.82, 2.24) is 15.1 Å². The van der Waals surface area contributed by atoms with E-state index in [0.717, 1.165) is 42.1 Å². The van der Waals surface area contributed by atoms with Crippen molar-refractivity contribution in [2.75, 3.05) is 26.2 Å². The standard InChI is InChI=1S/C20H24BrN3O2S/c1-15(25)22-18(16-5-3-2-4-6-16)13-20(26)24-11-9-23(10-12-24)14-17-7-8-19(21)27-17/h2-8,18H,9-14H2,1H3,(H,22,25). The average Bonchev–Trinajstić information content (AvgIpc) is 3.07. The second-order valence-electron chi connectivity index (χ2n) is 6.73. The zero-order valence-electron chi connectivity index (χ0n) is 15.4. The molecule has 1 aromatic carbocycles. The molecule has 0 radical (unpaired) electrons. The number of carbonyl (C=O) groups excluding carboxylic acids is 2. The number of thiophene rings is 1. The fourth-order valence-electron chi connectivity index (χ4n) is 3.30. The highest BCUT2D eigenvalue weighted by molar-refractivity contribution is 9.11. The molecule has 0 saturated carbocycles. The van der Waals surface area contributed by atoms with E-state index in [0.29, 0.717) is 6.42 Å². The smallest absolute Gasteiger partial charge is 0.225 e. The quantitative estimate of drug-likeness (QED) is 0.734. The minimum Gasteiger partial charge on any atom is -0.349 e. The Balaban J connectivity index is 1.53. The third-order valence-corrected chi connectivity index (χ3v) is 6.30. The molecule has 0 aliphatic carbocycles. The lowest BCUT2D eigenvalue weighted by Gasteiger charge is -2.35. The van der Waals surface area contributed by atoms with Crippen LogP contribution in [0.15, 0.2) is 46.3 Å². The lowest BCUT2D eigenvalue weighted by atomic mass is 10.0. The van der Waals surface area contributed by atoms with Crippen molar-refractivity contribution >= 4 is 39.1 Å². The molecule has 2 aromatic rings. The monoisotopic (exact) mass is 449 g/mol. The molecule has 5 nitrogen and oxygen atoms in total. The van der Waals surface area contributed by atoms with Gasteiger partial charge in [-0.2, -0.15) is 0 Å². The molecule has 3 rings (SSSR count). The Morgan fingerprint density at radius 1 is 1.11 bits per heavy atom. The third kappa shape index (κ3) is 5.89. The summed E-state index contributed by atoms with van der Waals surface area (Å²) in [5.41, 5.74) is 0.961. The van der Waals surface area contributed by atoms with E-state index >= 15 is 0 Å². The van der Waals surface area contributed by atoms with E-state index in [1.807, 2.05) is 35.2 Å². The second kappa shape index (κ2) is 9.48. The molecule has 1 aromatic heterocycles. The number of halogens is 1. The van der Waals surface area contributed by atoms with E-state index in [-0.39, 0.29) is 17.9 Å². The summed E-state index contributed by atoms with van der Waals surface area (Å²) in [4.78, 5) is 30.0. The van der Waals surface area contributed by atoms with Crippen LogP contribution >= 0.6 is 27.3 Å². The molecule has 2 amide bonds. The Morgan fingerprint density at radius 2 is 1.81 bits per heavy atom. The molecule has 1 atom stereocenters. The number of hydrogen-bond donors (Lipinski definition) is 1. The van der Waals surface area contributed by atoms with Gasteiger partial charge in [-0.25, -0.2) is 0 Å². The number of piperazine rings is 1. The van der Waals surface area contributed by atoms with Crippen molar-refractivity contribution in [2.24, 2.45) is 0 Å². The predicted molar refractivity (Wildman–Crippen MR) is 111 cm³/mol. The number of benzene rings is 1. The van der Waals surface area contributed by atoms with Crippen LogP contribution in [-0.4, -0.2) is 47.8 Å². The van der Waals surface area contributed by atoms with Gasteiger partial charge in [0.25, 0.3) is 0 Å². The minimum atomic E-state index is -0.280. The summed E-state index contributed by atoms with van der Waals surface area (Å²) >= 11 is 5.26. The Bertz CT molecular complexity index is 773. The lowest BCUT2D eigenvalue weighted by molar-refractivity contribution is -0.133. The maximum Gasteiger partial charge on any atom is 0.225 e. The maximum absolute atomic E-state index is 12.8. The molecule has 27 heavy (non-hydrogen) atoms. The molecule has 1 aliphatic heterocycles. The van der Waals surface area contributed by atoms with Crippen molar-refractivity contribution in [3.8, 4) is 0 Å². The first-order chi connectivity index (χ1) is 13.0. The van der Waals surface area contributed by atoms with E-state index < -0.39 is 0 Å². The molecule has 0 spiro atoms. The zero-order chi connectivity index (χ0) is 19.2. The van der Waals surface area contributed by atoms with E-state index in [1.54, 1.807) is 11.3 Å². The summed E-state index contributed by atoms with van der Waals surface area (Å²) in [5.74, 6) is -0.0281. The van der Waals surface area contributed by atoms with Gasteiger partial charge in [0.2, 0.25) is 11.8 Å². The SMILES string of the molecule is CC(=O)NC(CC(=O)N1CCN(Cc2ccc(Br)s2)CC1)c1ccccc1. The molecule has 144 valence electrons. The van der Waals surface area contributed by atoms with Crippen molar-refractivity contribution in [3.05, 3.63) is 56.7 Å². The summed E-state index contributed by atoms with van der Waals surface area (Å²) in [7, 11) is 0. The highest BCUT2D eigenvalue weighted by Crippen LogP contribution is 2.24. The number of nitrogens with one attached hydrogen (secondary N) is 1. The van der Waals surface area contributed by atoms with Crippen LogP contribution in [-0.2, 0) is 16.1 Å². The number of amides is 2. The highest BCUT2D eigenvalue weighted by atomic mass is 79.9. The maximum atomic E-state index is 12.8. The van der Waals surface area contributed by atoms with Gasteiger partial charge in [0.05, 0.1) is 16.2 Å². The van der Waals surface area contributed by atoms with Crippen molar-refractivity contribution in [1.29, 1.82) is 0 Å². The Kier molecular flexibility index (Phi) is 7.04. The summed E-state index contributed by atoms with van der Waals surface area (Å²) in [6.07, 6.45) is 0.293. The van der Waals surface area contributed by atoms with Crippen LogP contribution in [0.5, 0.6) is 0 Å². The lowest BCUT2D eigenvalue weighted by Crippen LogP contribution is -2.49. The van der Waals surface area contributed by atoms with Crippen LogP contribution in [0.4, 0.5) is 0 Å². The van der Waals surface area contributed by atoms with Gasteiger partial charge in [-0.05, 0) is 33.6 Å². The molecule has 1 unspecified atom stereocenters. The largest absolute Gasteiger partial charge is 0.349 e. The van der Waals surface area contributed by atoms with Crippen molar-refractivity contribution in [3.63, 3.8) is 0 Å². The molecule has 1 fully saturated rings. The van der Waals surface area contributed by atoms with Crippen molar-refractivity contribution < 1.29 is 9.59 Å². The molecule has 7 heteroatoms. The van der Waals surface area contributed by atoms with Crippen LogP contribution in [0.2, 0.25) is 0 Å². The van der Waals surface area contributed by atoms with Gasteiger partial charge < -0.3 is 10.2 Å². The van der Waals surface area contributed by atoms with Crippen LogP contribution < -0.4 is 5.32 Å². The van der Waals surface area contributed by atoms with E-state index in [2.05, 4.69) is 38.3 Å². The average molecular weight is 450 g/mol. The number of nitrogens with zero attached hydrogens (tertiary/aromatic N) is 2. The fourth-order valence-corrected chi connectivity index (χ4v) is 4.82. The summed E-state index contributed by atoms with van der Waals surface area (Å²) < 4.78 is 1.15. The van der Waals surface area contributed by atoms with Gasteiger partial charge in [-0.3, -0.25) is 14.5 Å². The Morgan fingerprint density at radius 3 is 2.41 bits per heavy atom. The zero-order valence-corrected chi connectivity index (χ0v) is 17.8. The number of rotatable bonds is 6. The number of carbonyl (C=O) groups is 2. The van der Waals surface area contributed by atoms with E-state index in [4.69, 9.17) is 0 Å². The normalized spacial score (nSPS) is 16.1. The van der Waals surface area contributed by atoms with Crippen LogP contribution in [0.1, 0.15) is 29.8 Å². The van der Waals surface area contributed by atoms with Crippen LogP contribution in [0.3, 0.4) is 0 Å². The molecule has 1 aliphatic rings. The topological polar surface area (TPSA) is 52.7 Å². The van der Waals surface area contributed by atoms with Gasteiger partial charge in [0, 0.05) is 44.5 Å². The first-order valence-corrected chi connectivity index (χ1v) is 10.7. The van der Waals surface area contributed by atoms with Gasteiger partial charge in [-0.15, -0.1) is 11.3 Å². The molecule has 1 saturated heterocycles. The van der Waals surface area contributed by atoms with E-state index in [1.165, 1.54) is 11.8 Å². The highest BCUT2D eigenvalue weighted by Gasteiger charge is 2.25.